The summed E-state index contributed by atoms with van der Waals surface area (Å²) in [5.41, 5.74) is 5.63. The average molecular weight is 244 g/mol. The molecule has 3 N–H and O–H groups in total. The van der Waals surface area contributed by atoms with Gasteiger partial charge in [0.25, 0.3) is 0 Å². The average Bonchev–Trinajstić information content (AvgIpc) is 2.82. The van der Waals surface area contributed by atoms with Crippen LogP contribution in [0.25, 0.3) is 0 Å². The van der Waals surface area contributed by atoms with E-state index in [1.807, 2.05) is 0 Å². The number of hydrogen-bond donors (Lipinski definition) is 2. The number of carbonyl (C=O) groups is 2. The van der Waals surface area contributed by atoms with Gasteiger partial charge in [-0.05, 0) is 25.7 Å². The lowest BCUT2D eigenvalue weighted by Crippen LogP contribution is -2.38. The molecule has 3 atom stereocenters. The van der Waals surface area contributed by atoms with Crippen LogP contribution in [0.4, 0.5) is 0 Å². The molecular weight excluding hydrogens is 224 g/mol. The summed E-state index contributed by atoms with van der Waals surface area (Å²) in [6.07, 6.45) is 2.97. The standard InChI is InChI=1S/C11H20N2O4/c1-16-10(14)8(12)5-3-7-4-6-9(13-7)11(15)17-2/h7-9,13H,3-6,12H2,1-2H3/t7?,8-,9-/m0/s1. The molecular formula is C11H20N2O4. The topological polar surface area (TPSA) is 90.7 Å². The van der Waals surface area contributed by atoms with Crippen LogP contribution < -0.4 is 11.1 Å². The zero-order chi connectivity index (χ0) is 12.8. The Bertz CT molecular complexity index is 283. The second kappa shape index (κ2) is 6.56. The van der Waals surface area contributed by atoms with Crippen molar-refractivity contribution < 1.29 is 19.1 Å². The highest BCUT2D eigenvalue weighted by atomic mass is 16.5. The number of carbonyl (C=O) groups excluding carboxylic acids is 2. The van der Waals surface area contributed by atoms with Crippen LogP contribution in [0.3, 0.4) is 0 Å². The van der Waals surface area contributed by atoms with Gasteiger partial charge < -0.3 is 20.5 Å². The number of esters is 2. The molecule has 1 saturated heterocycles. The predicted octanol–water partition coefficient (Wildman–Crippen LogP) is -0.439. The zero-order valence-electron chi connectivity index (χ0n) is 10.3. The highest BCUT2D eigenvalue weighted by molar-refractivity contribution is 5.76. The fourth-order valence-corrected chi connectivity index (χ4v) is 2.02. The maximum absolute atomic E-state index is 11.3. The number of ether oxygens (including phenoxy) is 2. The Labute approximate surface area is 101 Å². The smallest absolute Gasteiger partial charge is 0.322 e. The number of methoxy groups -OCH3 is 2. The van der Waals surface area contributed by atoms with Crippen molar-refractivity contribution in [3.05, 3.63) is 0 Å². The quantitative estimate of drug-likeness (QED) is 0.637. The summed E-state index contributed by atoms with van der Waals surface area (Å²) in [5.74, 6) is -0.628. The summed E-state index contributed by atoms with van der Waals surface area (Å²) in [6.45, 7) is 0. The van der Waals surface area contributed by atoms with Gasteiger partial charge in [-0.1, -0.05) is 0 Å². The molecule has 0 aliphatic carbocycles. The van der Waals surface area contributed by atoms with Crippen LogP contribution in [0, 0.1) is 0 Å². The van der Waals surface area contributed by atoms with Crippen molar-refractivity contribution >= 4 is 11.9 Å². The number of rotatable bonds is 5. The van der Waals surface area contributed by atoms with Gasteiger partial charge in [0.05, 0.1) is 14.2 Å². The van der Waals surface area contributed by atoms with Crippen molar-refractivity contribution in [1.82, 2.24) is 5.32 Å². The van der Waals surface area contributed by atoms with Crippen molar-refractivity contribution in [2.24, 2.45) is 5.73 Å². The maximum atomic E-state index is 11.3. The normalized spacial score (nSPS) is 25.4. The number of hydrogen-bond acceptors (Lipinski definition) is 6. The van der Waals surface area contributed by atoms with Gasteiger partial charge in [0.2, 0.25) is 0 Å². The van der Waals surface area contributed by atoms with Gasteiger partial charge >= 0.3 is 11.9 Å². The molecule has 0 aromatic rings. The van der Waals surface area contributed by atoms with E-state index < -0.39 is 12.0 Å². The van der Waals surface area contributed by atoms with Gasteiger partial charge in [0.15, 0.2) is 0 Å². The first-order chi connectivity index (χ1) is 8.08. The van der Waals surface area contributed by atoms with Crippen LogP contribution in [-0.2, 0) is 19.1 Å². The minimum atomic E-state index is -0.584. The van der Waals surface area contributed by atoms with E-state index in [1.165, 1.54) is 14.2 Å². The molecule has 17 heavy (non-hydrogen) atoms. The van der Waals surface area contributed by atoms with Crippen molar-refractivity contribution in [1.29, 1.82) is 0 Å². The SMILES string of the molecule is COC(=O)[C@@H]1CCC(CC[C@H](N)C(=O)OC)N1. The molecule has 0 spiro atoms. The molecule has 98 valence electrons. The third-order valence-corrected chi connectivity index (χ3v) is 3.06. The minimum absolute atomic E-state index is 0.217. The van der Waals surface area contributed by atoms with Gasteiger partial charge in [-0.15, -0.1) is 0 Å². The first-order valence-corrected chi connectivity index (χ1v) is 5.75. The molecule has 1 heterocycles. The van der Waals surface area contributed by atoms with E-state index in [1.54, 1.807) is 0 Å². The van der Waals surface area contributed by atoms with E-state index in [4.69, 9.17) is 5.73 Å². The summed E-state index contributed by atoms with van der Waals surface area (Å²) >= 11 is 0. The molecule has 1 aliphatic heterocycles. The van der Waals surface area contributed by atoms with Crippen LogP contribution in [0.15, 0.2) is 0 Å². The molecule has 1 rings (SSSR count). The molecule has 0 amide bonds. The Kier molecular flexibility index (Phi) is 5.37. The monoisotopic (exact) mass is 244 g/mol. The van der Waals surface area contributed by atoms with E-state index in [0.29, 0.717) is 6.42 Å². The highest BCUT2D eigenvalue weighted by Gasteiger charge is 2.30. The lowest BCUT2D eigenvalue weighted by molar-refractivity contribution is -0.143. The van der Waals surface area contributed by atoms with Gasteiger partial charge in [-0.3, -0.25) is 9.59 Å². The van der Waals surface area contributed by atoms with Crippen LogP contribution in [0.5, 0.6) is 0 Å². The summed E-state index contributed by atoms with van der Waals surface area (Å²) in [6, 6.07) is -0.590. The maximum Gasteiger partial charge on any atom is 0.322 e. The fourth-order valence-electron chi connectivity index (χ4n) is 2.02. The minimum Gasteiger partial charge on any atom is -0.468 e. The summed E-state index contributed by atoms with van der Waals surface area (Å²) < 4.78 is 9.21. The molecule has 0 aromatic carbocycles. The highest BCUT2D eigenvalue weighted by Crippen LogP contribution is 2.17. The molecule has 0 bridgehead atoms. The van der Waals surface area contributed by atoms with Gasteiger partial charge in [0.1, 0.15) is 12.1 Å². The van der Waals surface area contributed by atoms with Crippen molar-refractivity contribution in [2.45, 2.75) is 43.8 Å². The third-order valence-electron chi connectivity index (χ3n) is 3.06. The van der Waals surface area contributed by atoms with Crippen LogP contribution >= 0.6 is 0 Å². The van der Waals surface area contributed by atoms with Crippen molar-refractivity contribution in [2.75, 3.05) is 14.2 Å². The lowest BCUT2D eigenvalue weighted by atomic mass is 10.1. The second-order valence-corrected chi connectivity index (χ2v) is 4.22. The molecule has 1 unspecified atom stereocenters. The Balaban J connectivity index is 2.26. The summed E-state index contributed by atoms with van der Waals surface area (Å²) in [7, 11) is 2.70. The van der Waals surface area contributed by atoms with Crippen LogP contribution in [0.1, 0.15) is 25.7 Å². The Morgan fingerprint density at radius 1 is 1.35 bits per heavy atom. The van der Waals surface area contributed by atoms with Gasteiger partial charge in [-0.25, -0.2) is 0 Å². The molecule has 0 radical (unpaired) electrons. The third kappa shape index (κ3) is 3.98. The zero-order valence-corrected chi connectivity index (χ0v) is 10.3. The van der Waals surface area contributed by atoms with Crippen molar-refractivity contribution in [3.63, 3.8) is 0 Å². The van der Waals surface area contributed by atoms with E-state index in [2.05, 4.69) is 14.8 Å². The predicted molar refractivity (Wildman–Crippen MR) is 61.2 cm³/mol. The van der Waals surface area contributed by atoms with Crippen LogP contribution in [0.2, 0.25) is 0 Å². The molecule has 1 aliphatic rings. The van der Waals surface area contributed by atoms with E-state index >= 15 is 0 Å². The van der Waals surface area contributed by atoms with Gasteiger partial charge in [-0.2, -0.15) is 0 Å². The van der Waals surface area contributed by atoms with E-state index in [-0.39, 0.29) is 18.1 Å². The number of nitrogens with two attached hydrogens (primary N) is 1. The Morgan fingerprint density at radius 2 is 2.06 bits per heavy atom. The largest absolute Gasteiger partial charge is 0.468 e. The lowest BCUT2D eigenvalue weighted by Gasteiger charge is -2.14. The Hall–Kier alpha value is -1.14. The summed E-state index contributed by atoms with van der Waals surface area (Å²) in [5, 5.41) is 3.17. The first kappa shape index (κ1) is 13.9. The van der Waals surface area contributed by atoms with E-state index in [0.717, 1.165) is 19.3 Å². The second-order valence-electron chi connectivity index (χ2n) is 4.22. The van der Waals surface area contributed by atoms with Gasteiger partial charge in [0, 0.05) is 6.04 Å². The molecule has 0 saturated carbocycles. The Morgan fingerprint density at radius 3 is 2.65 bits per heavy atom. The molecule has 6 heteroatoms. The van der Waals surface area contributed by atoms with E-state index in [9.17, 15) is 9.59 Å². The molecule has 1 fully saturated rings. The molecule has 6 nitrogen and oxygen atoms in total. The number of nitrogens with one attached hydrogen (secondary N) is 1. The van der Waals surface area contributed by atoms with Crippen molar-refractivity contribution in [3.8, 4) is 0 Å². The molecule has 0 aromatic heterocycles. The van der Waals surface area contributed by atoms with Crippen LogP contribution in [-0.4, -0.2) is 44.3 Å². The first-order valence-electron chi connectivity index (χ1n) is 5.75. The summed E-state index contributed by atoms with van der Waals surface area (Å²) in [4.78, 5) is 22.4. The fraction of sp³-hybridized carbons (Fsp3) is 0.818.